The van der Waals surface area contributed by atoms with Crippen molar-refractivity contribution in [2.24, 2.45) is 5.84 Å². The molecule has 1 heterocycles. The minimum atomic E-state index is -0.279. The van der Waals surface area contributed by atoms with E-state index in [1.54, 1.807) is 19.6 Å². The lowest BCUT2D eigenvalue weighted by molar-refractivity contribution is -0.0488. The van der Waals surface area contributed by atoms with Gasteiger partial charge in [0.1, 0.15) is 0 Å². The zero-order valence-corrected chi connectivity index (χ0v) is 9.62. The third-order valence-corrected chi connectivity index (χ3v) is 3.17. The van der Waals surface area contributed by atoms with Crippen LogP contribution in [-0.2, 0) is 4.74 Å². The van der Waals surface area contributed by atoms with Crippen LogP contribution in [0.5, 0.6) is 0 Å². The van der Waals surface area contributed by atoms with Crippen LogP contribution in [0.1, 0.15) is 38.3 Å². The minimum Gasteiger partial charge on any atom is -0.472 e. The van der Waals surface area contributed by atoms with E-state index >= 15 is 0 Å². The summed E-state index contributed by atoms with van der Waals surface area (Å²) in [7, 11) is 1.72. The molecule has 1 aromatic heterocycles. The highest BCUT2D eigenvalue weighted by Crippen LogP contribution is 2.34. The molecule has 0 amide bonds. The fraction of sp³-hybridized carbons (Fsp3) is 0.636. The van der Waals surface area contributed by atoms with Crippen molar-refractivity contribution in [3.05, 3.63) is 24.2 Å². The predicted octanol–water partition coefficient (Wildman–Crippen LogP) is 1.99. The van der Waals surface area contributed by atoms with Gasteiger partial charge >= 0.3 is 0 Å². The molecule has 0 saturated carbocycles. The van der Waals surface area contributed by atoms with Crippen LogP contribution in [0.15, 0.2) is 23.0 Å². The molecule has 1 atom stereocenters. The van der Waals surface area contributed by atoms with Crippen molar-refractivity contribution in [3.8, 4) is 0 Å². The summed E-state index contributed by atoms with van der Waals surface area (Å²) < 4.78 is 10.7. The molecule has 0 saturated heterocycles. The van der Waals surface area contributed by atoms with Gasteiger partial charge in [-0.3, -0.25) is 5.84 Å². The van der Waals surface area contributed by atoms with E-state index in [4.69, 9.17) is 15.0 Å². The van der Waals surface area contributed by atoms with Gasteiger partial charge in [-0.05, 0) is 18.9 Å². The highest BCUT2D eigenvalue weighted by atomic mass is 16.5. The Bertz CT molecular complexity index is 260. The monoisotopic (exact) mass is 212 g/mol. The number of ether oxygens (including phenoxy) is 1. The van der Waals surface area contributed by atoms with Crippen molar-refractivity contribution in [1.29, 1.82) is 0 Å². The van der Waals surface area contributed by atoms with Crippen LogP contribution < -0.4 is 11.3 Å². The molecular weight excluding hydrogens is 192 g/mol. The van der Waals surface area contributed by atoms with Gasteiger partial charge in [-0.1, -0.05) is 13.8 Å². The first kappa shape index (κ1) is 12.2. The maximum atomic E-state index is 5.63. The summed E-state index contributed by atoms with van der Waals surface area (Å²) in [4.78, 5) is 0. The van der Waals surface area contributed by atoms with Gasteiger partial charge in [-0.2, -0.15) is 0 Å². The Morgan fingerprint density at radius 1 is 1.53 bits per heavy atom. The molecule has 15 heavy (non-hydrogen) atoms. The normalized spacial score (nSPS) is 14.1. The molecule has 4 nitrogen and oxygen atoms in total. The average Bonchev–Trinajstić information content (AvgIpc) is 2.79. The molecule has 0 fully saturated rings. The van der Waals surface area contributed by atoms with Crippen LogP contribution in [-0.4, -0.2) is 12.7 Å². The quantitative estimate of drug-likeness (QED) is 0.559. The smallest absolute Gasteiger partial charge is 0.0952 e. The third kappa shape index (κ3) is 2.22. The Morgan fingerprint density at radius 3 is 2.53 bits per heavy atom. The summed E-state index contributed by atoms with van der Waals surface area (Å²) in [6.07, 6.45) is 5.12. The van der Waals surface area contributed by atoms with Crippen LogP contribution in [0.2, 0.25) is 0 Å². The van der Waals surface area contributed by atoms with Crippen molar-refractivity contribution in [1.82, 2.24) is 5.43 Å². The van der Waals surface area contributed by atoms with Gasteiger partial charge in [0.2, 0.25) is 0 Å². The highest BCUT2D eigenvalue weighted by Gasteiger charge is 2.36. The van der Waals surface area contributed by atoms with Crippen molar-refractivity contribution in [3.63, 3.8) is 0 Å². The van der Waals surface area contributed by atoms with Gasteiger partial charge in [-0.25, -0.2) is 5.43 Å². The van der Waals surface area contributed by atoms with Crippen LogP contribution in [0.4, 0.5) is 0 Å². The van der Waals surface area contributed by atoms with Crippen LogP contribution in [0, 0.1) is 0 Å². The van der Waals surface area contributed by atoms with E-state index in [1.165, 1.54) is 0 Å². The molecule has 0 bridgehead atoms. The molecular formula is C11H20N2O2. The van der Waals surface area contributed by atoms with E-state index in [-0.39, 0.29) is 11.6 Å². The number of methoxy groups -OCH3 is 1. The second-order valence-electron chi connectivity index (χ2n) is 3.63. The van der Waals surface area contributed by atoms with E-state index in [9.17, 15) is 0 Å². The van der Waals surface area contributed by atoms with E-state index < -0.39 is 0 Å². The maximum Gasteiger partial charge on any atom is 0.0952 e. The Kier molecular flexibility index (Phi) is 4.32. The number of hydrogen-bond donors (Lipinski definition) is 2. The first-order valence-electron chi connectivity index (χ1n) is 5.27. The molecule has 3 N–H and O–H groups in total. The van der Waals surface area contributed by atoms with E-state index in [1.807, 2.05) is 6.07 Å². The molecule has 0 aliphatic rings. The average molecular weight is 212 g/mol. The highest BCUT2D eigenvalue weighted by molar-refractivity contribution is 5.16. The molecule has 1 rings (SSSR count). The summed E-state index contributed by atoms with van der Waals surface area (Å²) in [5, 5.41) is 0. The lowest BCUT2D eigenvalue weighted by atomic mass is 9.85. The second-order valence-corrected chi connectivity index (χ2v) is 3.63. The Morgan fingerprint density at radius 2 is 2.20 bits per heavy atom. The summed E-state index contributed by atoms with van der Waals surface area (Å²) in [5.41, 5.74) is 3.55. The minimum absolute atomic E-state index is 0.0451. The van der Waals surface area contributed by atoms with Crippen molar-refractivity contribution >= 4 is 0 Å². The summed E-state index contributed by atoms with van der Waals surface area (Å²) in [6.45, 7) is 4.19. The van der Waals surface area contributed by atoms with E-state index in [0.29, 0.717) is 0 Å². The Balaban J connectivity index is 2.98. The topological polar surface area (TPSA) is 60.4 Å². The SMILES string of the molecule is CCC(CC)(OC)C(NN)c1ccoc1. The number of furan rings is 1. The van der Waals surface area contributed by atoms with Gasteiger partial charge < -0.3 is 9.15 Å². The standard InChI is InChI=1S/C11H20N2O2/c1-4-11(5-2,14-3)10(13-12)9-6-7-15-8-9/h6-8,10,13H,4-5,12H2,1-3H3. The van der Waals surface area contributed by atoms with Gasteiger partial charge in [-0.15, -0.1) is 0 Å². The van der Waals surface area contributed by atoms with Crippen LogP contribution >= 0.6 is 0 Å². The summed E-state index contributed by atoms with van der Waals surface area (Å²) in [5.74, 6) is 5.61. The third-order valence-electron chi connectivity index (χ3n) is 3.17. The van der Waals surface area contributed by atoms with Crippen LogP contribution in [0.25, 0.3) is 0 Å². The zero-order valence-electron chi connectivity index (χ0n) is 9.62. The molecule has 0 aromatic carbocycles. The van der Waals surface area contributed by atoms with Crippen molar-refractivity contribution in [2.45, 2.75) is 38.3 Å². The fourth-order valence-electron chi connectivity index (χ4n) is 2.06. The number of hydrogen-bond acceptors (Lipinski definition) is 4. The number of hydrazine groups is 1. The Labute approximate surface area is 90.8 Å². The largest absolute Gasteiger partial charge is 0.472 e. The molecule has 0 aliphatic carbocycles. The lowest BCUT2D eigenvalue weighted by Gasteiger charge is -2.37. The molecule has 1 aromatic rings. The maximum absolute atomic E-state index is 5.63. The molecule has 4 heteroatoms. The van der Waals surface area contributed by atoms with Gasteiger partial charge in [0, 0.05) is 12.7 Å². The fourth-order valence-corrected chi connectivity index (χ4v) is 2.06. The number of rotatable bonds is 6. The van der Waals surface area contributed by atoms with E-state index in [0.717, 1.165) is 18.4 Å². The van der Waals surface area contributed by atoms with Crippen LogP contribution in [0.3, 0.4) is 0 Å². The lowest BCUT2D eigenvalue weighted by Crippen LogP contribution is -2.47. The van der Waals surface area contributed by atoms with Gasteiger partial charge in [0.25, 0.3) is 0 Å². The van der Waals surface area contributed by atoms with Crippen molar-refractivity contribution < 1.29 is 9.15 Å². The van der Waals surface area contributed by atoms with Crippen molar-refractivity contribution in [2.75, 3.05) is 7.11 Å². The predicted molar refractivity (Wildman–Crippen MR) is 59.1 cm³/mol. The molecule has 86 valence electrons. The molecule has 0 aliphatic heterocycles. The van der Waals surface area contributed by atoms with Gasteiger partial charge in [0.05, 0.1) is 24.2 Å². The first-order chi connectivity index (χ1) is 7.24. The molecule has 1 unspecified atom stereocenters. The van der Waals surface area contributed by atoms with E-state index in [2.05, 4.69) is 19.3 Å². The summed E-state index contributed by atoms with van der Waals surface area (Å²) in [6, 6.07) is 1.86. The first-order valence-corrected chi connectivity index (χ1v) is 5.27. The Hall–Kier alpha value is -0.840. The summed E-state index contributed by atoms with van der Waals surface area (Å²) >= 11 is 0. The number of nitrogens with one attached hydrogen (secondary N) is 1. The zero-order chi connectivity index (χ0) is 11.3. The number of nitrogens with two attached hydrogens (primary N) is 1. The van der Waals surface area contributed by atoms with Gasteiger partial charge in [0.15, 0.2) is 0 Å². The molecule has 0 spiro atoms. The second kappa shape index (κ2) is 5.30. The molecule has 0 radical (unpaired) electrons.